The summed E-state index contributed by atoms with van der Waals surface area (Å²) in [5, 5.41) is 1.87. The number of rotatable bonds is 4. The maximum atomic E-state index is 8.08. The molecule has 5 nitrogen and oxygen atoms in total. The van der Waals surface area contributed by atoms with E-state index in [2.05, 4.69) is 136 Å². The zero-order valence-electron chi connectivity index (χ0n) is 26.4. The molecule has 0 aromatic heterocycles. The van der Waals surface area contributed by atoms with E-state index in [4.69, 9.17) is 48.4 Å². The van der Waals surface area contributed by atoms with Gasteiger partial charge in [-0.2, -0.15) is 0 Å². The fourth-order valence-corrected chi connectivity index (χ4v) is 16.5. The molecule has 1 spiro atoms. The number of halogens is 3. The molecule has 0 saturated carbocycles. The number of methoxy groups -OCH3 is 1. The quantitative estimate of drug-likeness (QED) is 0.135. The predicted molar refractivity (Wildman–Crippen MR) is 201 cm³/mol. The van der Waals surface area contributed by atoms with Gasteiger partial charge in [0, 0.05) is 0 Å². The van der Waals surface area contributed by atoms with Gasteiger partial charge in [-0.05, 0) is 0 Å². The summed E-state index contributed by atoms with van der Waals surface area (Å²) in [6.07, 6.45) is 2.23. The minimum Gasteiger partial charge on any atom is -0.0874 e. The Morgan fingerprint density at radius 2 is 1.12 bits per heavy atom. The third kappa shape index (κ3) is 4.06. The molecule has 3 aliphatic heterocycles. The molecule has 6 aromatic carbocycles. The van der Waals surface area contributed by atoms with E-state index in [0.717, 1.165) is 49.9 Å². The Labute approximate surface area is 299 Å². The summed E-state index contributed by atoms with van der Waals surface area (Å²) in [4.78, 5) is 0. The Bertz CT molecular complexity index is 2270. The second kappa shape index (κ2) is 11.4. The third-order valence-corrected chi connectivity index (χ3v) is 17.4. The van der Waals surface area contributed by atoms with Crippen molar-refractivity contribution in [1.29, 1.82) is 0 Å². The minimum atomic E-state index is -5.86. The van der Waals surface area contributed by atoms with Crippen LogP contribution in [-0.2, 0) is 0 Å². The Kier molecular flexibility index (Phi) is 7.28. The van der Waals surface area contributed by atoms with Crippen molar-refractivity contribution < 1.29 is 22.1 Å². The summed E-state index contributed by atoms with van der Waals surface area (Å²) in [6.45, 7) is 0. The van der Waals surface area contributed by atoms with Crippen LogP contribution < -0.4 is 24.0 Å². The Morgan fingerprint density at radius 1 is 0.592 bits per heavy atom. The second-order valence-corrected chi connectivity index (χ2v) is 19.7. The number of fused-ring (bicyclic) bond motifs is 5. The number of para-hydroxylation sites is 3. The summed E-state index contributed by atoms with van der Waals surface area (Å²) in [5.41, 5.74) is 5.97. The van der Waals surface area contributed by atoms with Crippen molar-refractivity contribution in [3.8, 4) is 17.2 Å². The molecular formula is C40H31Cl3N2O3Si. The summed E-state index contributed by atoms with van der Waals surface area (Å²) < 4.78 is 26.0. The Morgan fingerprint density at radius 3 is 1.76 bits per heavy atom. The molecule has 6 aromatic rings. The molecule has 0 unspecified atom stereocenters. The maximum Gasteiger partial charge on any atom is 0.180 e. The van der Waals surface area contributed by atoms with Gasteiger partial charge in [-0.25, -0.2) is 0 Å². The van der Waals surface area contributed by atoms with Crippen molar-refractivity contribution in [3.05, 3.63) is 174 Å². The van der Waals surface area contributed by atoms with Gasteiger partial charge < -0.3 is 0 Å². The van der Waals surface area contributed by atoms with E-state index < -0.39 is 11.7 Å². The average molecular weight is 722 g/mol. The van der Waals surface area contributed by atoms with Gasteiger partial charge in [0.1, 0.15) is 0 Å². The van der Waals surface area contributed by atoms with Crippen LogP contribution in [-0.4, -0.2) is 39.3 Å². The van der Waals surface area contributed by atoms with Crippen LogP contribution in [0.4, 0.5) is 11.4 Å². The molecule has 3 heterocycles. The summed E-state index contributed by atoms with van der Waals surface area (Å²) in [5.74, 6) is 2.14. The fourth-order valence-electron chi connectivity index (χ4n) is 8.10. The van der Waals surface area contributed by atoms with Crippen molar-refractivity contribution in [2.75, 3.05) is 7.11 Å². The third-order valence-electron chi connectivity index (χ3n) is 9.85. The van der Waals surface area contributed by atoms with E-state index in [1.165, 1.54) is 0 Å². The van der Waals surface area contributed by atoms with Crippen molar-refractivity contribution >= 4 is 75.9 Å². The van der Waals surface area contributed by atoms with E-state index >= 15 is 0 Å². The van der Waals surface area contributed by atoms with Crippen molar-refractivity contribution in [3.63, 3.8) is 0 Å². The van der Waals surface area contributed by atoms with Gasteiger partial charge in [0.2, 0.25) is 0 Å². The fraction of sp³-hybridized carbons (Fsp3) is 0.0500. The van der Waals surface area contributed by atoms with Crippen LogP contribution in [0.2, 0.25) is 0 Å². The molecule has 3 aliphatic rings. The van der Waals surface area contributed by atoms with Crippen molar-refractivity contribution in [2.24, 2.45) is 0 Å². The van der Waals surface area contributed by atoms with Gasteiger partial charge in [-0.15, -0.1) is 0 Å². The molecule has 0 amide bonds. The van der Waals surface area contributed by atoms with Crippen LogP contribution in [0.5, 0.6) is 17.2 Å². The number of hydrogen-bond donors (Lipinski definition) is 0. The zero-order chi connectivity index (χ0) is 33.7. The molecule has 0 radical (unpaired) electrons. The molecule has 49 heavy (non-hydrogen) atoms. The molecule has 9 heteroatoms. The van der Waals surface area contributed by atoms with Crippen LogP contribution in [0.1, 0.15) is 16.7 Å². The Hall–Kier alpha value is -4.85. The van der Waals surface area contributed by atoms with Crippen LogP contribution in [0.15, 0.2) is 158 Å². The number of nitrogens with zero attached hydrogens (tertiary/aromatic N) is 2. The van der Waals surface area contributed by atoms with Crippen LogP contribution in [0.3, 0.4) is 0 Å². The van der Waals surface area contributed by atoms with Gasteiger partial charge in [-0.1, -0.05) is 34.8 Å². The monoisotopic (exact) mass is 720 g/mol. The van der Waals surface area contributed by atoms with Gasteiger partial charge in [0.15, 0.2) is 4.30 Å². The van der Waals surface area contributed by atoms with Gasteiger partial charge in [-0.3, -0.25) is 0 Å². The topological polar surface area (TPSA) is 33.7 Å². The van der Waals surface area contributed by atoms with E-state index in [1.807, 2.05) is 36.4 Å². The normalized spacial score (nSPS) is 17.9. The van der Waals surface area contributed by atoms with E-state index in [0.29, 0.717) is 11.5 Å². The van der Waals surface area contributed by atoms with Gasteiger partial charge >= 0.3 is 262 Å². The summed E-state index contributed by atoms with van der Waals surface area (Å²) in [7, 11) is -4.17. The number of hydrogen-bond acceptors (Lipinski definition) is 3. The standard InChI is InChI=1S/C39H30N2O3Si.CHCl3/c1-42-31-25-26-34-38(27-31)44-45(32-18-7-3-8-19-32,33-20-9-4-10-21-33)40(28-30-17-11-14-24-37(30)43-45)35-22-12-13-23-36(35)41(45)39(34)29-15-5-2-6-16-29;2-1(3)4/h2-28H,1H3;1H. The number of benzene rings is 6. The molecule has 0 N–H and O–H groups in total. The first-order valence-electron chi connectivity index (χ1n) is 15.9. The van der Waals surface area contributed by atoms with Crippen LogP contribution in [0.25, 0.3) is 0 Å². The van der Waals surface area contributed by atoms with E-state index in [9.17, 15) is 0 Å². The maximum absolute atomic E-state index is 8.08. The number of alkyl halides is 3. The first-order valence-corrected chi connectivity index (χ1v) is 19.9. The smallest absolute Gasteiger partial charge is 0.0874 e. The predicted octanol–water partition coefficient (Wildman–Crippen LogP) is 8.58. The van der Waals surface area contributed by atoms with E-state index in [1.54, 1.807) is 7.11 Å². The minimum absolute atomic E-state index is 0.687. The second-order valence-electron chi connectivity index (χ2n) is 12.2. The first-order chi connectivity index (χ1) is 23.9. The molecule has 0 fully saturated rings. The SMILES string of the molecule is COc1ccc2c(c1)O[Si-2]13(c4ccccc4)(c4ccccc4)Oc4ccccc4C=[N+]1c1ccccc1[N+]3=C2c1ccccc1.ClC(Cl)Cl. The van der Waals surface area contributed by atoms with Crippen LogP contribution >= 0.6 is 34.8 Å². The molecule has 0 atom stereocenters. The molecule has 0 saturated heterocycles. The molecular weight excluding hydrogens is 691 g/mol. The zero-order valence-corrected chi connectivity index (χ0v) is 29.7. The summed E-state index contributed by atoms with van der Waals surface area (Å²) in [6, 6.07) is 54.5. The number of ether oxygens (including phenoxy) is 1. The van der Waals surface area contributed by atoms with Gasteiger partial charge in [0.25, 0.3) is 0 Å². The van der Waals surface area contributed by atoms with Crippen LogP contribution in [0, 0.1) is 0 Å². The summed E-state index contributed by atoms with van der Waals surface area (Å²) >= 11 is 14.4. The largest absolute Gasteiger partial charge is 0.180 e. The molecule has 0 bridgehead atoms. The average Bonchev–Trinajstić information content (AvgIpc) is 3.39. The van der Waals surface area contributed by atoms with E-state index in [-0.39, 0.29) is 0 Å². The Balaban J connectivity index is 0.000000829. The van der Waals surface area contributed by atoms with Gasteiger partial charge in [0.05, 0.1) is 0 Å². The molecule has 244 valence electrons. The van der Waals surface area contributed by atoms with Crippen molar-refractivity contribution in [1.82, 2.24) is 0 Å². The molecule has 0 aliphatic carbocycles. The van der Waals surface area contributed by atoms with Crippen molar-refractivity contribution in [2.45, 2.75) is 4.30 Å². The first kappa shape index (κ1) is 31.4. The molecule has 9 rings (SSSR count).